The number of hydrogen-bond donors (Lipinski definition) is 1. The number of anilines is 2. The maximum atomic E-state index is 13.1. The van der Waals surface area contributed by atoms with Crippen molar-refractivity contribution in [2.75, 3.05) is 15.9 Å². The van der Waals surface area contributed by atoms with Gasteiger partial charge < -0.3 is 0 Å². The molecular weight excluding hydrogens is 464 g/mol. The van der Waals surface area contributed by atoms with Crippen molar-refractivity contribution in [2.24, 2.45) is 0 Å². The lowest BCUT2D eigenvalue weighted by Gasteiger charge is -2.30. The first-order valence-corrected chi connectivity index (χ1v) is 13.7. The van der Waals surface area contributed by atoms with E-state index in [1.165, 1.54) is 33.0 Å². The molecule has 2 aromatic carbocycles. The van der Waals surface area contributed by atoms with E-state index in [0.717, 1.165) is 27.5 Å². The average Bonchev–Trinajstić information content (AvgIpc) is 3.19. The monoisotopic (exact) mass is 490 g/mol. The standard InChI is InChI=1S/C22H26N4O3S3/c1-5-19(26(32(4,28)29)18-12-11-15(2)16(3)13-18)20(27)23-21-24-25-22(31-21)30-14-17-9-7-6-8-10-17/h6-13,19H,5,14H2,1-4H3,(H,23,24,27)/t19-/m1/s1. The largest absolute Gasteiger partial charge is 0.299 e. The molecule has 0 spiro atoms. The molecule has 0 aliphatic carbocycles. The number of nitrogens with zero attached hydrogens (tertiary/aromatic N) is 3. The highest BCUT2D eigenvalue weighted by molar-refractivity contribution is 8.00. The average molecular weight is 491 g/mol. The third-order valence-electron chi connectivity index (χ3n) is 4.92. The Balaban J connectivity index is 1.75. The predicted octanol–water partition coefficient (Wildman–Crippen LogP) is 4.63. The van der Waals surface area contributed by atoms with Crippen LogP contribution in [0, 0.1) is 13.8 Å². The molecule has 0 fully saturated rings. The van der Waals surface area contributed by atoms with Gasteiger partial charge in [-0.05, 0) is 49.1 Å². The summed E-state index contributed by atoms with van der Waals surface area (Å²) in [4.78, 5) is 13.1. The van der Waals surface area contributed by atoms with Crippen LogP contribution >= 0.6 is 23.1 Å². The number of aryl methyl sites for hydroxylation is 2. The first kappa shape index (κ1) is 24.2. The first-order chi connectivity index (χ1) is 15.2. The lowest BCUT2D eigenvalue weighted by molar-refractivity contribution is -0.117. The van der Waals surface area contributed by atoms with E-state index in [2.05, 4.69) is 15.5 Å². The smallest absolute Gasteiger partial charge is 0.250 e. The highest BCUT2D eigenvalue weighted by Gasteiger charge is 2.32. The molecule has 0 aliphatic rings. The zero-order valence-corrected chi connectivity index (χ0v) is 20.9. The maximum Gasteiger partial charge on any atom is 0.250 e. The van der Waals surface area contributed by atoms with Crippen LogP contribution < -0.4 is 9.62 Å². The summed E-state index contributed by atoms with van der Waals surface area (Å²) in [5.41, 5.74) is 3.64. The van der Waals surface area contributed by atoms with E-state index < -0.39 is 22.0 Å². The van der Waals surface area contributed by atoms with Crippen LogP contribution in [-0.2, 0) is 20.6 Å². The van der Waals surface area contributed by atoms with E-state index in [-0.39, 0.29) is 0 Å². The molecule has 0 radical (unpaired) electrons. The van der Waals surface area contributed by atoms with Gasteiger partial charge in [0, 0.05) is 5.75 Å². The van der Waals surface area contributed by atoms with E-state index in [9.17, 15) is 13.2 Å². The normalized spacial score (nSPS) is 12.4. The van der Waals surface area contributed by atoms with Crippen LogP contribution in [-0.4, -0.2) is 36.8 Å². The molecule has 1 heterocycles. The molecule has 1 N–H and O–H groups in total. The van der Waals surface area contributed by atoms with Crippen LogP contribution in [0.5, 0.6) is 0 Å². The molecule has 0 saturated carbocycles. The summed E-state index contributed by atoms with van der Waals surface area (Å²) in [6, 6.07) is 14.5. The molecule has 10 heteroatoms. The Morgan fingerprint density at radius 2 is 1.84 bits per heavy atom. The van der Waals surface area contributed by atoms with E-state index >= 15 is 0 Å². The molecule has 0 unspecified atom stereocenters. The quantitative estimate of drug-likeness (QED) is 0.347. The van der Waals surface area contributed by atoms with E-state index in [0.29, 0.717) is 17.2 Å². The van der Waals surface area contributed by atoms with Crippen molar-refractivity contribution in [3.8, 4) is 0 Å². The second-order valence-corrected chi connectivity index (χ2v) is 11.4. The Morgan fingerprint density at radius 3 is 2.47 bits per heavy atom. The highest BCUT2D eigenvalue weighted by atomic mass is 32.2. The van der Waals surface area contributed by atoms with Crippen LogP contribution in [0.3, 0.4) is 0 Å². The fourth-order valence-electron chi connectivity index (χ4n) is 3.15. The molecule has 0 aliphatic heterocycles. The number of amides is 1. The summed E-state index contributed by atoms with van der Waals surface area (Å²) in [5, 5.41) is 11.3. The lowest BCUT2D eigenvalue weighted by Crippen LogP contribution is -2.47. The van der Waals surface area contributed by atoms with Gasteiger partial charge in [0.25, 0.3) is 0 Å². The topological polar surface area (TPSA) is 92.3 Å². The van der Waals surface area contributed by atoms with Crippen LogP contribution in [0.4, 0.5) is 10.8 Å². The second kappa shape index (κ2) is 10.5. The Bertz CT molecular complexity index is 1180. The van der Waals surface area contributed by atoms with Gasteiger partial charge in [-0.2, -0.15) is 0 Å². The van der Waals surface area contributed by atoms with E-state index in [4.69, 9.17) is 0 Å². The molecule has 0 bridgehead atoms. The molecular formula is C22H26N4O3S3. The summed E-state index contributed by atoms with van der Waals surface area (Å²) in [6.45, 7) is 5.65. The van der Waals surface area contributed by atoms with Crippen molar-refractivity contribution in [3.63, 3.8) is 0 Å². The molecule has 1 amide bonds. The van der Waals surface area contributed by atoms with Gasteiger partial charge in [0.15, 0.2) is 4.34 Å². The minimum absolute atomic E-state index is 0.306. The van der Waals surface area contributed by atoms with Gasteiger partial charge in [-0.1, -0.05) is 66.4 Å². The number of aromatic nitrogens is 2. The van der Waals surface area contributed by atoms with Gasteiger partial charge in [-0.3, -0.25) is 14.4 Å². The number of thioether (sulfide) groups is 1. The molecule has 3 rings (SSSR count). The Kier molecular flexibility index (Phi) is 7.91. The summed E-state index contributed by atoms with van der Waals surface area (Å²) in [7, 11) is -3.69. The number of carbonyl (C=O) groups excluding carboxylic acids is 1. The third-order valence-corrected chi connectivity index (χ3v) is 8.14. The van der Waals surface area contributed by atoms with Crippen molar-refractivity contribution in [2.45, 2.75) is 43.3 Å². The van der Waals surface area contributed by atoms with Crippen molar-refractivity contribution < 1.29 is 13.2 Å². The molecule has 0 saturated heterocycles. The van der Waals surface area contributed by atoms with Crippen LogP contribution in [0.25, 0.3) is 0 Å². The number of benzene rings is 2. The fraction of sp³-hybridized carbons (Fsp3) is 0.318. The molecule has 3 aromatic rings. The van der Waals surface area contributed by atoms with Gasteiger partial charge in [-0.15, -0.1) is 10.2 Å². The number of sulfonamides is 1. The molecule has 170 valence electrons. The number of rotatable bonds is 9. The van der Waals surface area contributed by atoms with Crippen LogP contribution in [0.2, 0.25) is 0 Å². The van der Waals surface area contributed by atoms with Crippen molar-refractivity contribution in [3.05, 3.63) is 65.2 Å². The zero-order chi connectivity index (χ0) is 23.3. The Hall–Kier alpha value is -2.43. The lowest BCUT2D eigenvalue weighted by atomic mass is 10.1. The number of nitrogens with one attached hydrogen (secondary N) is 1. The molecule has 32 heavy (non-hydrogen) atoms. The van der Waals surface area contributed by atoms with Gasteiger partial charge in [0.1, 0.15) is 6.04 Å². The minimum Gasteiger partial charge on any atom is -0.299 e. The van der Waals surface area contributed by atoms with Gasteiger partial charge in [-0.25, -0.2) is 8.42 Å². The van der Waals surface area contributed by atoms with Gasteiger partial charge in [0.05, 0.1) is 11.9 Å². The summed E-state index contributed by atoms with van der Waals surface area (Å²) in [5.74, 6) is 0.308. The zero-order valence-electron chi connectivity index (χ0n) is 18.4. The third kappa shape index (κ3) is 6.08. The SMILES string of the molecule is CC[C@H](C(=O)Nc1nnc(SCc2ccccc2)s1)N(c1ccc(C)c(C)c1)S(C)(=O)=O. The molecule has 7 nitrogen and oxygen atoms in total. The molecule has 1 aromatic heterocycles. The van der Waals surface area contributed by atoms with Gasteiger partial charge in [0.2, 0.25) is 21.1 Å². The van der Waals surface area contributed by atoms with Crippen molar-refractivity contribution in [1.29, 1.82) is 0 Å². The van der Waals surface area contributed by atoms with E-state index in [1.54, 1.807) is 19.1 Å². The van der Waals surface area contributed by atoms with Crippen LogP contribution in [0.15, 0.2) is 52.9 Å². The Morgan fingerprint density at radius 1 is 1.12 bits per heavy atom. The minimum atomic E-state index is -3.69. The number of hydrogen-bond acceptors (Lipinski definition) is 7. The van der Waals surface area contributed by atoms with Gasteiger partial charge >= 0.3 is 0 Å². The predicted molar refractivity (Wildman–Crippen MR) is 132 cm³/mol. The van der Waals surface area contributed by atoms with Crippen molar-refractivity contribution >= 4 is 49.8 Å². The maximum absolute atomic E-state index is 13.1. The van der Waals surface area contributed by atoms with Crippen molar-refractivity contribution in [1.82, 2.24) is 10.2 Å². The summed E-state index contributed by atoms with van der Waals surface area (Å²) in [6.07, 6.45) is 1.42. The fourth-order valence-corrected chi connectivity index (χ4v) is 6.06. The number of carbonyl (C=O) groups is 1. The second-order valence-electron chi connectivity index (χ2n) is 7.39. The highest BCUT2D eigenvalue weighted by Crippen LogP contribution is 2.29. The summed E-state index contributed by atoms with van der Waals surface area (Å²) >= 11 is 2.80. The Labute approximate surface area is 197 Å². The van der Waals surface area contributed by atoms with E-state index in [1.807, 2.05) is 50.2 Å². The first-order valence-electron chi connectivity index (χ1n) is 10.1. The molecule has 1 atom stereocenters. The van der Waals surface area contributed by atoms with Crippen LogP contribution in [0.1, 0.15) is 30.0 Å². The summed E-state index contributed by atoms with van der Waals surface area (Å²) < 4.78 is 27.2.